The predicted molar refractivity (Wildman–Crippen MR) is 157 cm³/mol. The summed E-state index contributed by atoms with van der Waals surface area (Å²) in [6.07, 6.45) is 7.44. The van der Waals surface area contributed by atoms with Gasteiger partial charge in [0.05, 0.1) is 17.6 Å². The number of rotatable bonds is 5. The fraction of sp³-hybridized carbons (Fsp3) is 0.300. The number of nitrogens with two attached hydrogens (primary N) is 1. The number of benzene rings is 1. The Morgan fingerprint density at radius 3 is 2.38 bits per heavy atom. The van der Waals surface area contributed by atoms with E-state index in [4.69, 9.17) is 10.7 Å². The third kappa shape index (κ3) is 4.33. The van der Waals surface area contributed by atoms with Crippen LogP contribution in [0.3, 0.4) is 0 Å². The number of nitrogen functional groups attached to an aromatic ring is 1. The number of anilines is 1. The zero-order valence-electron chi connectivity index (χ0n) is 23.2. The molecule has 2 unspecified atom stereocenters. The molecule has 12 heteroatoms. The monoisotopic (exact) mass is 582 g/mol. The van der Waals surface area contributed by atoms with Crippen molar-refractivity contribution in [3.63, 3.8) is 0 Å². The molecule has 42 heavy (non-hydrogen) atoms. The lowest BCUT2D eigenvalue weighted by atomic mass is 9.87. The molecule has 1 amide bonds. The first-order chi connectivity index (χ1) is 20.2. The molecule has 2 atom stereocenters. The van der Waals surface area contributed by atoms with Gasteiger partial charge in [0, 0.05) is 52.8 Å². The van der Waals surface area contributed by atoms with Gasteiger partial charge in [-0.15, -0.1) is 0 Å². The number of carbonyl (C=O) groups excluding carboxylic acids is 1. The summed E-state index contributed by atoms with van der Waals surface area (Å²) in [5, 5.41) is 11.4. The first-order valence-electron chi connectivity index (χ1n) is 13.9. The van der Waals surface area contributed by atoms with Gasteiger partial charge < -0.3 is 10.6 Å². The number of carbonyl (C=O) groups is 1. The van der Waals surface area contributed by atoms with E-state index < -0.39 is 9.84 Å². The highest BCUT2D eigenvalue weighted by atomic mass is 32.2. The molecule has 2 fully saturated rings. The summed E-state index contributed by atoms with van der Waals surface area (Å²) in [6.45, 7) is 1.86. The maximum Gasteiger partial charge on any atom is 0.274 e. The second-order valence-corrected chi connectivity index (χ2v) is 13.2. The third-order valence-electron chi connectivity index (χ3n) is 8.46. The molecule has 11 nitrogen and oxygen atoms in total. The normalized spacial score (nSPS) is 20.3. The molecule has 3 N–H and O–H groups in total. The molecule has 0 aliphatic carbocycles. The molecular weight excluding hydrogens is 552 g/mol. The van der Waals surface area contributed by atoms with E-state index in [2.05, 4.69) is 20.3 Å². The Labute approximate surface area is 242 Å². The van der Waals surface area contributed by atoms with Crippen LogP contribution in [0.25, 0.3) is 28.0 Å². The smallest absolute Gasteiger partial charge is 0.274 e. The highest BCUT2D eigenvalue weighted by Gasteiger charge is 2.46. The molecule has 214 valence electrons. The molecule has 7 rings (SSSR count). The average molecular weight is 583 g/mol. The number of aryl methyl sites for hydroxylation is 1. The minimum Gasteiger partial charge on any atom is -0.382 e. The van der Waals surface area contributed by atoms with Gasteiger partial charge in [0.25, 0.3) is 5.91 Å². The zero-order valence-corrected chi connectivity index (χ0v) is 24.0. The van der Waals surface area contributed by atoms with Crippen LogP contribution < -0.4 is 5.73 Å². The van der Waals surface area contributed by atoms with Gasteiger partial charge >= 0.3 is 0 Å². The fourth-order valence-corrected chi connectivity index (χ4v) is 7.66. The van der Waals surface area contributed by atoms with Crippen molar-refractivity contribution in [1.82, 2.24) is 34.7 Å². The standard InChI is InChI=1S/C30H30N8O3S/c1-17-12-25(36-35-17)30(39)37-21-9-10-22(37)14-20(13-21)26-27(42(2,40)41)28(31)38-29(34-26)23(16-33-38)19-8-11-24(32-15-19)18-6-4-3-5-7-18/h3-8,11-12,15-16,20-22H,9-10,13-14,31H2,1-2H3,(H,35,36). The molecule has 2 aliphatic rings. The quantitative estimate of drug-likeness (QED) is 0.315. The van der Waals surface area contributed by atoms with Gasteiger partial charge in [0.1, 0.15) is 16.4 Å². The lowest BCUT2D eigenvalue weighted by molar-refractivity contribution is 0.0562. The van der Waals surface area contributed by atoms with Crippen LogP contribution in [-0.2, 0) is 9.84 Å². The highest BCUT2D eigenvalue weighted by Crippen LogP contribution is 2.45. The number of H-pyrrole nitrogens is 1. The predicted octanol–water partition coefficient (Wildman–Crippen LogP) is 4.03. The first kappa shape index (κ1) is 26.3. The molecule has 5 aromatic rings. The first-order valence-corrected chi connectivity index (χ1v) is 15.8. The van der Waals surface area contributed by atoms with Crippen LogP contribution in [-0.4, -0.2) is 67.3 Å². The van der Waals surface area contributed by atoms with Crippen molar-refractivity contribution in [2.75, 3.05) is 12.0 Å². The van der Waals surface area contributed by atoms with E-state index in [-0.39, 0.29) is 34.6 Å². The van der Waals surface area contributed by atoms with Gasteiger partial charge in [-0.25, -0.2) is 13.4 Å². The number of aromatic amines is 1. The number of amides is 1. The number of pyridine rings is 1. The van der Waals surface area contributed by atoms with Gasteiger partial charge in [-0.05, 0) is 44.7 Å². The molecular formula is C30H30N8O3S. The van der Waals surface area contributed by atoms with E-state index in [0.717, 1.165) is 41.6 Å². The second-order valence-electron chi connectivity index (χ2n) is 11.3. The maximum atomic E-state index is 13.3. The van der Waals surface area contributed by atoms with Crippen molar-refractivity contribution < 1.29 is 13.2 Å². The lowest BCUT2D eigenvalue weighted by Crippen LogP contribution is -2.46. The lowest BCUT2D eigenvalue weighted by Gasteiger charge is -2.39. The van der Waals surface area contributed by atoms with E-state index in [1.54, 1.807) is 18.5 Å². The number of aromatic nitrogens is 6. The third-order valence-corrected chi connectivity index (χ3v) is 9.62. The minimum absolute atomic E-state index is 0.00861. The summed E-state index contributed by atoms with van der Waals surface area (Å²) in [5.41, 5.74) is 12.0. The minimum atomic E-state index is -3.74. The number of hydrogen-bond donors (Lipinski definition) is 2. The Balaban J connectivity index is 1.27. The van der Waals surface area contributed by atoms with Gasteiger partial charge in [-0.1, -0.05) is 36.4 Å². The van der Waals surface area contributed by atoms with Gasteiger partial charge in [-0.3, -0.25) is 14.9 Å². The number of piperidine rings is 1. The van der Waals surface area contributed by atoms with Crippen molar-refractivity contribution in [3.05, 3.63) is 78.0 Å². The second kappa shape index (κ2) is 9.76. The molecule has 0 saturated carbocycles. The molecule has 2 saturated heterocycles. The average Bonchev–Trinajstić information content (AvgIpc) is 3.68. The van der Waals surface area contributed by atoms with Crippen molar-refractivity contribution in [1.29, 1.82) is 0 Å². The Kier molecular flexibility index (Phi) is 6.12. The summed E-state index contributed by atoms with van der Waals surface area (Å²) in [7, 11) is -3.74. The molecule has 2 bridgehead atoms. The maximum absolute atomic E-state index is 13.3. The van der Waals surface area contributed by atoms with Crippen LogP contribution in [0.4, 0.5) is 5.82 Å². The largest absolute Gasteiger partial charge is 0.382 e. The molecule has 2 aliphatic heterocycles. The molecule has 0 spiro atoms. The molecule has 6 heterocycles. The van der Waals surface area contributed by atoms with E-state index >= 15 is 0 Å². The van der Waals surface area contributed by atoms with Crippen molar-refractivity contribution in [2.45, 2.75) is 55.5 Å². The van der Waals surface area contributed by atoms with Crippen LogP contribution in [0.15, 0.2) is 65.8 Å². The van der Waals surface area contributed by atoms with Crippen LogP contribution in [0.2, 0.25) is 0 Å². The number of nitrogens with zero attached hydrogens (tertiary/aromatic N) is 6. The van der Waals surface area contributed by atoms with Gasteiger partial charge in [0.15, 0.2) is 15.5 Å². The number of hydrogen-bond acceptors (Lipinski definition) is 8. The van der Waals surface area contributed by atoms with Crippen LogP contribution >= 0.6 is 0 Å². The Morgan fingerprint density at radius 2 is 1.76 bits per heavy atom. The number of nitrogens with one attached hydrogen (secondary N) is 1. The summed E-state index contributed by atoms with van der Waals surface area (Å²) in [6, 6.07) is 15.5. The van der Waals surface area contributed by atoms with Gasteiger partial charge in [-0.2, -0.15) is 14.7 Å². The van der Waals surface area contributed by atoms with E-state index in [1.807, 2.05) is 54.3 Å². The highest BCUT2D eigenvalue weighted by molar-refractivity contribution is 7.91. The van der Waals surface area contributed by atoms with Crippen LogP contribution in [0, 0.1) is 6.92 Å². The molecule has 0 radical (unpaired) electrons. The topological polar surface area (TPSA) is 152 Å². The van der Waals surface area contributed by atoms with Crippen LogP contribution in [0.1, 0.15) is 53.5 Å². The van der Waals surface area contributed by atoms with E-state index in [9.17, 15) is 13.2 Å². The van der Waals surface area contributed by atoms with Crippen molar-refractivity contribution in [3.8, 4) is 22.4 Å². The summed E-state index contributed by atoms with van der Waals surface area (Å²) < 4.78 is 27.6. The SMILES string of the molecule is Cc1cc(C(=O)N2C3CCC2CC(c2nc4c(-c5ccc(-c6ccccc6)nc5)cnn4c(N)c2S(C)(=O)=O)C3)n[nH]1. The van der Waals surface area contributed by atoms with Crippen LogP contribution in [0.5, 0.6) is 0 Å². The van der Waals surface area contributed by atoms with Crippen molar-refractivity contribution >= 4 is 27.2 Å². The summed E-state index contributed by atoms with van der Waals surface area (Å²) in [5.74, 6) is -0.248. The summed E-state index contributed by atoms with van der Waals surface area (Å²) >= 11 is 0. The molecule has 1 aromatic carbocycles. The number of fused-ring (bicyclic) bond motifs is 3. The fourth-order valence-electron chi connectivity index (χ4n) is 6.60. The Hall–Kier alpha value is -4.58. The van der Waals surface area contributed by atoms with E-state index in [1.165, 1.54) is 4.52 Å². The summed E-state index contributed by atoms with van der Waals surface area (Å²) in [4.78, 5) is 24.9. The molecule has 4 aromatic heterocycles. The Morgan fingerprint density at radius 1 is 1.02 bits per heavy atom. The zero-order chi connectivity index (χ0) is 29.2. The van der Waals surface area contributed by atoms with Crippen molar-refractivity contribution in [2.24, 2.45) is 0 Å². The van der Waals surface area contributed by atoms with Gasteiger partial charge in [0.2, 0.25) is 0 Å². The Bertz CT molecular complexity index is 1920. The number of sulfone groups is 1. The van der Waals surface area contributed by atoms with E-state index in [0.29, 0.717) is 35.4 Å².